The van der Waals surface area contributed by atoms with Crippen LogP contribution in [0, 0.1) is 0 Å². The molecule has 6 nitrogen and oxygen atoms in total. The number of hydrogen-bond donors (Lipinski definition) is 0. The van der Waals surface area contributed by atoms with Crippen molar-refractivity contribution in [3.05, 3.63) is 45.6 Å². The van der Waals surface area contributed by atoms with Crippen molar-refractivity contribution in [3.8, 4) is 0 Å². The molecule has 0 aromatic carbocycles. The van der Waals surface area contributed by atoms with Gasteiger partial charge in [-0.3, -0.25) is 0 Å². The van der Waals surface area contributed by atoms with E-state index in [2.05, 4.69) is 41.8 Å². The molecule has 2 aromatic heterocycles. The number of sulfone groups is 1. The van der Waals surface area contributed by atoms with Gasteiger partial charge >= 0.3 is 0 Å². The highest BCUT2D eigenvalue weighted by atomic mass is 79.9. The molecule has 0 saturated carbocycles. The van der Waals surface area contributed by atoms with Crippen molar-refractivity contribution in [1.29, 1.82) is 0 Å². The molecule has 0 saturated heterocycles. The maximum atomic E-state index is 10.9. The summed E-state index contributed by atoms with van der Waals surface area (Å²) >= 11 is 6.27. The van der Waals surface area contributed by atoms with Crippen molar-refractivity contribution >= 4 is 61.4 Å². The fraction of sp³-hybridized carbons (Fsp3) is 0.0909. The summed E-state index contributed by atoms with van der Waals surface area (Å²) in [6.07, 6.45) is 3.95. The molecule has 0 amide bonds. The van der Waals surface area contributed by atoms with Gasteiger partial charge in [0.2, 0.25) is 0 Å². The van der Waals surface area contributed by atoms with Crippen LogP contribution in [0.4, 0.5) is 0 Å². The van der Waals surface area contributed by atoms with Gasteiger partial charge < -0.3 is 0 Å². The first-order valence-electron chi connectivity index (χ1n) is 5.38. The summed E-state index contributed by atoms with van der Waals surface area (Å²) in [6.45, 7) is 0. The molecule has 120 valence electrons. The molecule has 0 aliphatic heterocycles. The van der Waals surface area contributed by atoms with E-state index in [0.29, 0.717) is 4.47 Å². The predicted octanol–water partition coefficient (Wildman–Crippen LogP) is 3.02. The topological polar surface area (TPSA) is 94.1 Å². The third-order valence-corrected chi connectivity index (χ3v) is 5.19. The SMILES string of the molecule is CS(=O)(=O)c1ccc(Br)cn1.O=S(=O)(Cl)c1ccc(Br)cn1. The molecule has 2 rings (SSSR count). The van der Waals surface area contributed by atoms with E-state index in [1.807, 2.05) is 0 Å². The van der Waals surface area contributed by atoms with E-state index >= 15 is 0 Å². The van der Waals surface area contributed by atoms with E-state index in [1.54, 1.807) is 12.1 Å². The second kappa shape index (κ2) is 7.82. The van der Waals surface area contributed by atoms with E-state index < -0.39 is 18.9 Å². The first kappa shape index (κ1) is 19.5. The van der Waals surface area contributed by atoms with Gasteiger partial charge in [0, 0.05) is 38.3 Å². The van der Waals surface area contributed by atoms with Crippen LogP contribution in [0.15, 0.2) is 55.7 Å². The minimum atomic E-state index is -3.68. The first-order chi connectivity index (χ1) is 10.00. The van der Waals surface area contributed by atoms with Crippen molar-refractivity contribution in [2.24, 2.45) is 0 Å². The molecule has 0 bridgehead atoms. The summed E-state index contributed by atoms with van der Waals surface area (Å²) in [5.74, 6) is 0. The Kier molecular flexibility index (Phi) is 6.93. The number of halogens is 3. The van der Waals surface area contributed by atoms with Crippen LogP contribution in [0.1, 0.15) is 0 Å². The van der Waals surface area contributed by atoms with Crippen molar-refractivity contribution < 1.29 is 16.8 Å². The highest BCUT2D eigenvalue weighted by Gasteiger charge is 2.10. The zero-order valence-corrected chi connectivity index (χ0v) is 16.5. The van der Waals surface area contributed by atoms with Crippen molar-refractivity contribution in [2.45, 2.75) is 10.1 Å². The lowest BCUT2D eigenvalue weighted by Crippen LogP contribution is -1.99. The zero-order valence-electron chi connectivity index (χ0n) is 10.9. The number of rotatable bonds is 2. The van der Waals surface area contributed by atoms with Gasteiger partial charge in [0.05, 0.1) is 0 Å². The Labute approximate surface area is 149 Å². The van der Waals surface area contributed by atoms with Gasteiger partial charge in [0.25, 0.3) is 9.05 Å². The maximum Gasteiger partial charge on any atom is 0.278 e. The fourth-order valence-electron chi connectivity index (χ4n) is 1.09. The molecular formula is C11H9Br2ClN2O4S2. The standard InChI is InChI=1S/C6H6BrNO2S.C5H3BrClNO2S/c1-11(9,10)6-3-2-5(7)4-8-6;6-4-1-2-5(8-3-4)11(7,9)10/h2-4H,1H3;1-3H. The first-order valence-corrected chi connectivity index (χ1v) is 11.2. The normalized spacial score (nSPS) is 11.5. The predicted molar refractivity (Wildman–Crippen MR) is 90.0 cm³/mol. The molecule has 11 heteroatoms. The summed E-state index contributed by atoms with van der Waals surface area (Å²) in [4.78, 5) is 7.30. The van der Waals surface area contributed by atoms with Crippen LogP contribution < -0.4 is 0 Å². The lowest BCUT2D eigenvalue weighted by atomic mass is 10.5. The Bertz CT molecular complexity index is 765. The third kappa shape index (κ3) is 6.69. The minimum absolute atomic E-state index is 0.0979. The van der Waals surface area contributed by atoms with Gasteiger partial charge in [0.1, 0.15) is 0 Å². The van der Waals surface area contributed by atoms with Crippen molar-refractivity contribution in [1.82, 2.24) is 9.97 Å². The molecular weight excluding hydrogens is 484 g/mol. The summed E-state index contributed by atoms with van der Waals surface area (Å²) in [7, 11) is -1.83. The van der Waals surface area contributed by atoms with Gasteiger partial charge in [-0.1, -0.05) is 0 Å². The molecule has 0 aliphatic carbocycles. The van der Waals surface area contributed by atoms with Gasteiger partial charge in [-0.05, 0) is 56.1 Å². The average Bonchev–Trinajstić information content (AvgIpc) is 2.38. The minimum Gasteiger partial charge on any atom is -0.244 e. The number of aromatic nitrogens is 2. The Morgan fingerprint density at radius 2 is 1.27 bits per heavy atom. The van der Waals surface area contributed by atoms with Crippen LogP contribution in [0.25, 0.3) is 0 Å². The van der Waals surface area contributed by atoms with Crippen LogP contribution in [0.2, 0.25) is 0 Å². The Morgan fingerprint density at radius 3 is 1.55 bits per heavy atom. The van der Waals surface area contributed by atoms with E-state index in [-0.39, 0.29) is 10.1 Å². The Balaban J connectivity index is 0.000000220. The fourth-order valence-corrected chi connectivity index (χ4v) is 2.80. The van der Waals surface area contributed by atoms with Gasteiger partial charge in [0.15, 0.2) is 19.9 Å². The Morgan fingerprint density at radius 1 is 0.864 bits per heavy atom. The van der Waals surface area contributed by atoms with E-state index in [4.69, 9.17) is 10.7 Å². The largest absolute Gasteiger partial charge is 0.278 e. The molecule has 0 atom stereocenters. The van der Waals surface area contributed by atoms with Gasteiger partial charge in [-0.15, -0.1) is 0 Å². The zero-order chi connectivity index (χ0) is 17.0. The average molecular weight is 493 g/mol. The highest BCUT2D eigenvalue weighted by molar-refractivity contribution is 9.10. The van der Waals surface area contributed by atoms with Crippen LogP contribution in [0.5, 0.6) is 0 Å². The lowest BCUT2D eigenvalue weighted by Gasteiger charge is -1.94. The Hall–Kier alpha value is -0.550. The van der Waals surface area contributed by atoms with Crippen LogP contribution in [-0.2, 0) is 18.9 Å². The number of nitrogens with zero attached hydrogens (tertiary/aromatic N) is 2. The third-order valence-electron chi connectivity index (χ3n) is 2.03. The quantitative estimate of drug-likeness (QED) is 0.599. The summed E-state index contributed by atoms with van der Waals surface area (Å²) < 4.78 is 44.5. The van der Waals surface area contributed by atoms with Crippen LogP contribution in [-0.4, -0.2) is 33.1 Å². The van der Waals surface area contributed by atoms with E-state index in [9.17, 15) is 16.8 Å². The smallest absolute Gasteiger partial charge is 0.244 e. The molecule has 0 fully saturated rings. The second-order valence-electron chi connectivity index (χ2n) is 3.84. The van der Waals surface area contributed by atoms with Crippen molar-refractivity contribution in [3.63, 3.8) is 0 Å². The maximum absolute atomic E-state index is 10.9. The highest BCUT2D eigenvalue weighted by Crippen LogP contribution is 2.14. The summed E-state index contributed by atoms with van der Waals surface area (Å²) in [5.41, 5.74) is 0. The summed E-state index contributed by atoms with van der Waals surface area (Å²) in [5, 5.41) is -0.0388. The second-order valence-corrected chi connectivity index (χ2v) is 10.1. The van der Waals surface area contributed by atoms with Crippen LogP contribution in [0.3, 0.4) is 0 Å². The van der Waals surface area contributed by atoms with E-state index in [1.165, 1.54) is 24.5 Å². The molecule has 0 aliphatic rings. The number of pyridine rings is 2. The van der Waals surface area contributed by atoms with Gasteiger partial charge in [-0.25, -0.2) is 26.8 Å². The van der Waals surface area contributed by atoms with Gasteiger partial charge in [-0.2, -0.15) is 0 Å². The molecule has 22 heavy (non-hydrogen) atoms. The molecule has 0 radical (unpaired) electrons. The summed E-state index contributed by atoms with van der Waals surface area (Å²) in [6, 6.07) is 5.98. The van der Waals surface area contributed by atoms with Crippen LogP contribution >= 0.6 is 42.5 Å². The lowest BCUT2D eigenvalue weighted by molar-refractivity contribution is 0.598. The molecule has 0 unspecified atom stereocenters. The number of hydrogen-bond acceptors (Lipinski definition) is 6. The molecule has 2 aromatic rings. The monoisotopic (exact) mass is 490 g/mol. The van der Waals surface area contributed by atoms with Crippen molar-refractivity contribution in [2.75, 3.05) is 6.26 Å². The van der Waals surface area contributed by atoms with E-state index in [0.717, 1.165) is 10.7 Å². The molecule has 0 spiro atoms. The molecule has 0 N–H and O–H groups in total. The molecule has 2 heterocycles.